The fraction of sp³-hybridized carbons (Fsp3) is 0.857. The summed E-state index contributed by atoms with van der Waals surface area (Å²) in [5, 5.41) is 2.80. The van der Waals surface area contributed by atoms with Crippen LogP contribution in [0.1, 0.15) is 53.4 Å². The second-order valence-electron chi connectivity index (χ2n) is 5.36. The standard InChI is InChI=1S/C14H25NO3/c1-5-10(4)8-14(6-2)9-11(16)15-12(14)13(17)18-7-3/h10,12H,5-9H2,1-4H3,(H,15,16). The van der Waals surface area contributed by atoms with Crippen molar-refractivity contribution >= 4 is 11.9 Å². The number of esters is 1. The van der Waals surface area contributed by atoms with E-state index in [4.69, 9.17) is 4.74 Å². The van der Waals surface area contributed by atoms with E-state index in [1.807, 2.05) is 0 Å². The fourth-order valence-corrected chi connectivity index (χ4v) is 2.82. The van der Waals surface area contributed by atoms with Crippen LogP contribution < -0.4 is 5.32 Å². The van der Waals surface area contributed by atoms with Crippen molar-refractivity contribution < 1.29 is 14.3 Å². The Bertz CT molecular complexity index is 316. The molecule has 3 atom stereocenters. The lowest BCUT2D eigenvalue weighted by Crippen LogP contribution is -2.45. The molecule has 1 aliphatic rings. The first-order valence-corrected chi connectivity index (χ1v) is 6.95. The first kappa shape index (κ1) is 15.0. The van der Waals surface area contributed by atoms with Gasteiger partial charge in [0.05, 0.1) is 6.61 Å². The number of hydrogen-bond acceptors (Lipinski definition) is 3. The zero-order valence-corrected chi connectivity index (χ0v) is 11.9. The van der Waals surface area contributed by atoms with Gasteiger partial charge in [-0.25, -0.2) is 4.79 Å². The molecule has 1 aliphatic heterocycles. The molecule has 1 N–H and O–H groups in total. The van der Waals surface area contributed by atoms with Gasteiger partial charge in [-0.3, -0.25) is 4.79 Å². The molecule has 0 aromatic carbocycles. The van der Waals surface area contributed by atoms with E-state index in [2.05, 4.69) is 26.1 Å². The molecule has 4 heteroatoms. The molecule has 1 saturated heterocycles. The SMILES string of the molecule is CCOC(=O)C1NC(=O)CC1(CC)CC(C)CC. The highest BCUT2D eigenvalue weighted by atomic mass is 16.5. The lowest BCUT2D eigenvalue weighted by atomic mass is 9.71. The Balaban J connectivity index is 2.90. The summed E-state index contributed by atoms with van der Waals surface area (Å²) in [6, 6.07) is -0.469. The Morgan fingerprint density at radius 3 is 2.67 bits per heavy atom. The normalized spacial score (nSPS) is 28.9. The number of hydrogen-bond donors (Lipinski definition) is 1. The Morgan fingerprint density at radius 2 is 2.17 bits per heavy atom. The Kier molecular flexibility index (Phi) is 5.17. The van der Waals surface area contributed by atoms with E-state index in [-0.39, 0.29) is 17.3 Å². The topological polar surface area (TPSA) is 55.4 Å². The quantitative estimate of drug-likeness (QED) is 0.741. The van der Waals surface area contributed by atoms with Crippen LogP contribution in [0.15, 0.2) is 0 Å². The van der Waals surface area contributed by atoms with Crippen molar-refractivity contribution in [1.29, 1.82) is 0 Å². The van der Waals surface area contributed by atoms with Crippen molar-refractivity contribution in [3.8, 4) is 0 Å². The molecule has 0 saturated carbocycles. The Hall–Kier alpha value is -1.06. The summed E-state index contributed by atoms with van der Waals surface area (Å²) < 4.78 is 5.09. The Labute approximate surface area is 109 Å². The maximum absolute atomic E-state index is 12.0. The number of rotatable bonds is 6. The number of nitrogens with one attached hydrogen (secondary N) is 1. The zero-order chi connectivity index (χ0) is 13.8. The van der Waals surface area contributed by atoms with E-state index in [1.165, 1.54) is 0 Å². The van der Waals surface area contributed by atoms with Gasteiger partial charge >= 0.3 is 5.97 Å². The van der Waals surface area contributed by atoms with E-state index in [0.29, 0.717) is 18.9 Å². The molecule has 0 aliphatic carbocycles. The summed E-state index contributed by atoms with van der Waals surface area (Å²) in [6.07, 6.45) is 3.21. The van der Waals surface area contributed by atoms with Crippen molar-refractivity contribution in [2.24, 2.45) is 11.3 Å². The molecular weight excluding hydrogens is 230 g/mol. The molecule has 3 unspecified atom stereocenters. The minimum atomic E-state index is -0.469. The lowest BCUT2D eigenvalue weighted by Gasteiger charge is -2.33. The third-order valence-electron chi connectivity index (χ3n) is 4.11. The average molecular weight is 255 g/mol. The Morgan fingerprint density at radius 1 is 1.50 bits per heavy atom. The van der Waals surface area contributed by atoms with E-state index in [9.17, 15) is 9.59 Å². The molecule has 104 valence electrons. The first-order chi connectivity index (χ1) is 8.49. The lowest BCUT2D eigenvalue weighted by molar-refractivity contribution is -0.149. The minimum absolute atomic E-state index is 0.0294. The van der Waals surface area contributed by atoms with Crippen molar-refractivity contribution in [3.05, 3.63) is 0 Å². The summed E-state index contributed by atoms with van der Waals surface area (Å²) in [5.41, 5.74) is -0.265. The predicted molar refractivity (Wildman–Crippen MR) is 70.0 cm³/mol. The molecule has 0 spiro atoms. The number of carbonyl (C=O) groups is 2. The van der Waals surface area contributed by atoms with Crippen molar-refractivity contribution in [2.75, 3.05) is 6.61 Å². The molecular formula is C14H25NO3. The number of amides is 1. The zero-order valence-electron chi connectivity index (χ0n) is 11.9. The molecule has 18 heavy (non-hydrogen) atoms. The van der Waals surface area contributed by atoms with Crippen molar-refractivity contribution in [1.82, 2.24) is 5.32 Å². The molecule has 1 amide bonds. The van der Waals surface area contributed by atoms with E-state index in [0.717, 1.165) is 19.3 Å². The maximum atomic E-state index is 12.0. The van der Waals surface area contributed by atoms with Gasteiger partial charge in [0.25, 0.3) is 0 Å². The van der Waals surface area contributed by atoms with Gasteiger partial charge in [-0.1, -0.05) is 27.2 Å². The van der Waals surface area contributed by atoms with Crippen LogP contribution >= 0.6 is 0 Å². The smallest absolute Gasteiger partial charge is 0.329 e. The molecule has 1 fully saturated rings. The summed E-state index contributed by atoms with van der Waals surface area (Å²) in [7, 11) is 0. The molecule has 0 aromatic heterocycles. The van der Waals surface area contributed by atoms with Gasteiger partial charge in [0.2, 0.25) is 5.91 Å². The molecule has 4 nitrogen and oxygen atoms in total. The van der Waals surface area contributed by atoms with Gasteiger partial charge < -0.3 is 10.1 Å². The monoisotopic (exact) mass is 255 g/mol. The molecule has 1 heterocycles. The predicted octanol–water partition coefficient (Wildman–Crippen LogP) is 2.27. The van der Waals surface area contributed by atoms with Crippen LogP contribution in [-0.4, -0.2) is 24.5 Å². The van der Waals surface area contributed by atoms with Crippen LogP contribution in [0.2, 0.25) is 0 Å². The van der Waals surface area contributed by atoms with Crippen molar-refractivity contribution in [2.45, 2.75) is 59.4 Å². The van der Waals surface area contributed by atoms with Crippen LogP contribution in [0.5, 0.6) is 0 Å². The summed E-state index contributed by atoms with van der Waals surface area (Å²) >= 11 is 0. The average Bonchev–Trinajstić information content (AvgIpc) is 2.67. The molecule has 1 rings (SSSR count). The van der Waals surface area contributed by atoms with Gasteiger partial charge in [0.15, 0.2) is 0 Å². The van der Waals surface area contributed by atoms with Crippen LogP contribution in [0.25, 0.3) is 0 Å². The van der Waals surface area contributed by atoms with Gasteiger partial charge in [0.1, 0.15) is 6.04 Å². The second kappa shape index (κ2) is 6.21. The van der Waals surface area contributed by atoms with Crippen molar-refractivity contribution in [3.63, 3.8) is 0 Å². The fourth-order valence-electron chi connectivity index (χ4n) is 2.82. The van der Waals surface area contributed by atoms with Gasteiger partial charge in [-0.05, 0) is 25.7 Å². The van der Waals surface area contributed by atoms with E-state index < -0.39 is 6.04 Å². The first-order valence-electron chi connectivity index (χ1n) is 6.95. The highest BCUT2D eigenvalue weighted by Gasteiger charge is 2.50. The van der Waals surface area contributed by atoms with Crippen LogP contribution in [0, 0.1) is 11.3 Å². The van der Waals surface area contributed by atoms with E-state index in [1.54, 1.807) is 6.92 Å². The molecule has 0 aromatic rings. The van der Waals surface area contributed by atoms with Gasteiger partial charge in [-0.15, -0.1) is 0 Å². The minimum Gasteiger partial charge on any atom is -0.464 e. The van der Waals surface area contributed by atoms with Crippen LogP contribution in [0.4, 0.5) is 0 Å². The maximum Gasteiger partial charge on any atom is 0.329 e. The highest BCUT2D eigenvalue weighted by Crippen LogP contribution is 2.42. The van der Waals surface area contributed by atoms with Gasteiger partial charge in [0, 0.05) is 11.8 Å². The third kappa shape index (κ3) is 3.03. The number of ether oxygens (including phenoxy) is 1. The molecule has 0 bridgehead atoms. The summed E-state index contributed by atoms with van der Waals surface area (Å²) in [6.45, 7) is 8.50. The number of carbonyl (C=O) groups excluding carboxylic acids is 2. The van der Waals surface area contributed by atoms with Crippen LogP contribution in [0.3, 0.4) is 0 Å². The summed E-state index contributed by atoms with van der Waals surface area (Å²) in [4.78, 5) is 23.7. The summed E-state index contributed by atoms with van der Waals surface area (Å²) in [5.74, 6) is 0.196. The largest absolute Gasteiger partial charge is 0.464 e. The van der Waals surface area contributed by atoms with Crippen LogP contribution in [-0.2, 0) is 14.3 Å². The second-order valence-corrected chi connectivity index (χ2v) is 5.36. The van der Waals surface area contributed by atoms with E-state index >= 15 is 0 Å². The highest BCUT2D eigenvalue weighted by molar-refractivity contribution is 5.89. The molecule has 0 radical (unpaired) electrons. The third-order valence-corrected chi connectivity index (χ3v) is 4.11. The van der Waals surface area contributed by atoms with Gasteiger partial charge in [-0.2, -0.15) is 0 Å².